The first kappa shape index (κ1) is 29.9. The van der Waals surface area contributed by atoms with Crippen LogP contribution in [0.1, 0.15) is 56.7 Å². The number of fused-ring (bicyclic) bond motifs is 3. The minimum Gasteiger partial charge on any atom is -0.485 e. The summed E-state index contributed by atoms with van der Waals surface area (Å²) < 4.78 is 8.54. The molecule has 3 aliphatic heterocycles. The number of amidine groups is 1. The van der Waals surface area contributed by atoms with Crippen molar-refractivity contribution in [1.82, 2.24) is 29.5 Å². The number of likely N-dealkylation sites (tertiary alicyclic amines) is 1. The molecule has 1 atom stereocenters. The van der Waals surface area contributed by atoms with Gasteiger partial charge in [-0.1, -0.05) is 18.2 Å². The Bertz CT molecular complexity index is 1430. The minimum atomic E-state index is 0.0805. The average Bonchev–Trinajstić information content (AvgIpc) is 3.30. The van der Waals surface area contributed by atoms with Crippen molar-refractivity contribution in [3.05, 3.63) is 70.6 Å². The Hall–Kier alpha value is -3.59. The van der Waals surface area contributed by atoms with E-state index in [4.69, 9.17) is 26.3 Å². The average molecular weight is 591 g/mol. The second-order valence-corrected chi connectivity index (χ2v) is 11.8. The number of halogens is 1. The number of allylic oxidation sites excluding steroid dienone is 2. The smallest absolute Gasteiger partial charge is 0.171 e. The molecule has 1 aromatic heterocycles. The van der Waals surface area contributed by atoms with Gasteiger partial charge in [-0.3, -0.25) is 4.99 Å². The van der Waals surface area contributed by atoms with Gasteiger partial charge < -0.3 is 24.0 Å². The summed E-state index contributed by atoms with van der Waals surface area (Å²) in [5, 5.41) is 9.45. The maximum atomic E-state index is 6.52. The summed E-state index contributed by atoms with van der Waals surface area (Å²) >= 11 is 6.52. The monoisotopic (exact) mass is 590 g/mol. The summed E-state index contributed by atoms with van der Waals surface area (Å²) in [6.07, 6.45) is 8.73. The molecular formula is C32H43ClN8O. The van der Waals surface area contributed by atoms with Crippen LogP contribution in [0.4, 0.5) is 0 Å². The summed E-state index contributed by atoms with van der Waals surface area (Å²) in [5.41, 5.74) is 4.85. The fourth-order valence-corrected chi connectivity index (χ4v) is 5.91. The van der Waals surface area contributed by atoms with Gasteiger partial charge in [0.25, 0.3) is 0 Å². The number of benzene rings is 1. The van der Waals surface area contributed by atoms with Crippen LogP contribution in [0.5, 0.6) is 5.75 Å². The maximum Gasteiger partial charge on any atom is 0.171 e. The third-order valence-electron chi connectivity index (χ3n) is 8.50. The van der Waals surface area contributed by atoms with E-state index in [1.54, 1.807) is 0 Å². The number of rotatable bonds is 0. The van der Waals surface area contributed by atoms with Gasteiger partial charge in [0.1, 0.15) is 24.0 Å². The third-order valence-corrected chi connectivity index (χ3v) is 8.73. The molecule has 42 heavy (non-hydrogen) atoms. The molecule has 1 unspecified atom stereocenters. The van der Waals surface area contributed by atoms with Gasteiger partial charge in [-0.15, -0.1) is 10.2 Å². The molecule has 2 fully saturated rings. The fourth-order valence-electron chi connectivity index (χ4n) is 5.73. The summed E-state index contributed by atoms with van der Waals surface area (Å²) in [6.45, 7) is 15.5. The second-order valence-electron chi connectivity index (χ2n) is 11.3. The van der Waals surface area contributed by atoms with Crippen molar-refractivity contribution in [2.24, 2.45) is 9.98 Å². The van der Waals surface area contributed by atoms with Crippen LogP contribution in [0.25, 0.3) is 5.70 Å². The van der Waals surface area contributed by atoms with E-state index in [9.17, 15) is 0 Å². The molecule has 0 spiro atoms. The molecule has 2 saturated heterocycles. The van der Waals surface area contributed by atoms with E-state index in [0.717, 1.165) is 104 Å². The minimum absolute atomic E-state index is 0.0805. The Balaban J connectivity index is 1.59. The fraction of sp³-hybridized carbons (Fsp3) is 0.500. The highest BCUT2D eigenvalue weighted by molar-refractivity contribution is 6.30. The van der Waals surface area contributed by atoms with Crippen molar-refractivity contribution in [3.8, 4) is 5.75 Å². The first-order valence-corrected chi connectivity index (χ1v) is 15.3. The Labute approximate surface area is 254 Å². The Morgan fingerprint density at radius 1 is 1.00 bits per heavy atom. The molecule has 0 radical (unpaired) electrons. The van der Waals surface area contributed by atoms with Crippen LogP contribution >= 0.6 is 11.6 Å². The molecule has 4 heterocycles. The number of aliphatic imine (C=N–C) groups is 2. The lowest BCUT2D eigenvalue weighted by Gasteiger charge is -2.39. The van der Waals surface area contributed by atoms with Crippen LogP contribution in [-0.2, 0) is 13.2 Å². The van der Waals surface area contributed by atoms with E-state index in [1.807, 2.05) is 32.2 Å². The lowest BCUT2D eigenvalue weighted by molar-refractivity contribution is 0.272. The number of nitrogens with zero attached hydrogens (tertiary/aromatic N) is 8. The van der Waals surface area contributed by atoms with E-state index in [2.05, 4.69) is 69.1 Å². The molecule has 0 aliphatic carbocycles. The number of ether oxygens (including phenoxy) is 1. The number of hydrogen-bond donors (Lipinski definition) is 0. The van der Waals surface area contributed by atoms with Gasteiger partial charge in [0.2, 0.25) is 0 Å². The molecule has 0 saturated carbocycles. The lowest BCUT2D eigenvalue weighted by atomic mass is 9.95. The first-order chi connectivity index (χ1) is 20.2. The van der Waals surface area contributed by atoms with Gasteiger partial charge in [-0.2, -0.15) is 0 Å². The standard InChI is InChI=1S/C32H43ClN8O/c1-22-18-28(34-5)29-10-7-8-15-40(29)24(3)27-20-26(33)11-12-30(27)42-21-32-37-36-25(4)41(32)17-16-38(6)23(2)19-31(35-22)39-13-9-14-39/h11-12,18-20,29H,3,7-10,13-17,21H2,1-2,4-6H3/b22-18+,23-19+,34-28+,35-31+. The van der Waals surface area contributed by atoms with Crippen molar-refractivity contribution in [2.75, 3.05) is 40.3 Å². The normalized spacial score (nSPS) is 25.6. The van der Waals surface area contributed by atoms with E-state index in [0.29, 0.717) is 11.6 Å². The highest BCUT2D eigenvalue weighted by Gasteiger charge is 2.29. The highest BCUT2D eigenvalue weighted by Crippen LogP contribution is 2.35. The van der Waals surface area contributed by atoms with Gasteiger partial charge in [-0.05, 0) is 76.8 Å². The van der Waals surface area contributed by atoms with Crippen molar-refractivity contribution < 1.29 is 4.74 Å². The number of likely N-dealkylation sites (N-methyl/N-ethyl adjacent to an activating group) is 1. The molecule has 1 aromatic carbocycles. The highest BCUT2D eigenvalue weighted by atomic mass is 35.5. The second kappa shape index (κ2) is 13.2. The van der Waals surface area contributed by atoms with Crippen LogP contribution in [0, 0.1) is 6.92 Å². The third kappa shape index (κ3) is 6.56. The predicted molar refractivity (Wildman–Crippen MR) is 171 cm³/mol. The zero-order valence-corrected chi connectivity index (χ0v) is 26.4. The van der Waals surface area contributed by atoms with Crippen molar-refractivity contribution in [3.63, 3.8) is 0 Å². The van der Waals surface area contributed by atoms with E-state index >= 15 is 0 Å². The van der Waals surface area contributed by atoms with Crippen LogP contribution in [-0.4, -0.2) is 87.3 Å². The molecule has 9 nitrogen and oxygen atoms in total. The predicted octanol–water partition coefficient (Wildman–Crippen LogP) is 5.57. The molecule has 224 valence electrons. The first-order valence-electron chi connectivity index (χ1n) is 14.9. The zero-order chi connectivity index (χ0) is 29.8. The molecule has 5 rings (SSSR count). The van der Waals surface area contributed by atoms with Crippen molar-refractivity contribution in [1.29, 1.82) is 0 Å². The topological polar surface area (TPSA) is 74.4 Å². The largest absolute Gasteiger partial charge is 0.485 e. The quantitative estimate of drug-likeness (QED) is 0.399. The molecular weight excluding hydrogens is 548 g/mol. The van der Waals surface area contributed by atoms with Crippen LogP contribution in [0.3, 0.4) is 0 Å². The molecule has 10 heteroatoms. The number of hydrogen-bond acceptors (Lipinski definition) is 8. The van der Waals surface area contributed by atoms with E-state index in [-0.39, 0.29) is 6.04 Å². The summed E-state index contributed by atoms with van der Waals surface area (Å²) in [6, 6.07) is 5.80. The number of aryl methyl sites for hydroxylation is 1. The lowest BCUT2D eigenvalue weighted by Crippen LogP contribution is -2.43. The van der Waals surface area contributed by atoms with Crippen molar-refractivity contribution in [2.45, 2.75) is 65.6 Å². The van der Waals surface area contributed by atoms with Gasteiger partial charge in [0, 0.05) is 74.5 Å². The summed E-state index contributed by atoms with van der Waals surface area (Å²) in [7, 11) is 3.99. The molecule has 0 bridgehead atoms. The summed E-state index contributed by atoms with van der Waals surface area (Å²) in [5.74, 6) is 3.36. The van der Waals surface area contributed by atoms with E-state index < -0.39 is 0 Å². The van der Waals surface area contributed by atoms with Gasteiger partial charge in [0.15, 0.2) is 5.82 Å². The molecule has 3 aliphatic rings. The van der Waals surface area contributed by atoms with Gasteiger partial charge >= 0.3 is 0 Å². The van der Waals surface area contributed by atoms with Gasteiger partial charge in [0.05, 0.1) is 11.8 Å². The Kier molecular flexibility index (Phi) is 9.36. The molecule has 0 amide bonds. The number of aromatic nitrogens is 3. The van der Waals surface area contributed by atoms with Crippen LogP contribution < -0.4 is 4.74 Å². The van der Waals surface area contributed by atoms with E-state index in [1.165, 1.54) is 6.42 Å². The zero-order valence-electron chi connectivity index (χ0n) is 25.6. The van der Waals surface area contributed by atoms with Gasteiger partial charge in [-0.25, -0.2) is 4.99 Å². The SMILES string of the molecule is C=C1c2cc(Cl)ccc2OCc2nnc(C)n2CCN(C)/C(C)=C/C(N2CCC2)=N\C(C)=C\C(=N/C)C2CCCCN12. The summed E-state index contributed by atoms with van der Waals surface area (Å²) in [4.78, 5) is 16.8. The Morgan fingerprint density at radius 3 is 2.55 bits per heavy atom. The maximum absolute atomic E-state index is 6.52. The molecule has 0 N–H and O–H groups in total. The Morgan fingerprint density at radius 2 is 1.81 bits per heavy atom. The molecule has 2 aromatic rings. The van der Waals surface area contributed by atoms with Crippen LogP contribution in [0.15, 0.2) is 58.3 Å². The number of piperidine rings is 1. The van der Waals surface area contributed by atoms with Crippen LogP contribution in [0.2, 0.25) is 5.02 Å². The van der Waals surface area contributed by atoms with Crippen molar-refractivity contribution >= 4 is 28.8 Å².